The van der Waals surface area contributed by atoms with Crippen molar-refractivity contribution in [1.82, 2.24) is 9.29 Å². The number of H-pyrrole nitrogens is 1. The highest BCUT2D eigenvalue weighted by Crippen LogP contribution is 2.22. The van der Waals surface area contributed by atoms with E-state index in [0.29, 0.717) is 10.9 Å². The van der Waals surface area contributed by atoms with E-state index in [2.05, 4.69) is 4.98 Å². The number of benzene rings is 2. The van der Waals surface area contributed by atoms with E-state index >= 15 is 0 Å². The number of Topliss-reactive ketones (excluding diaryl/α,β-unsaturated/α-hetero) is 1. The summed E-state index contributed by atoms with van der Waals surface area (Å²) < 4.78 is 44.7. The molecule has 1 N–H and O–H groups in total. The Balaban J connectivity index is 1.85. The molecule has 0 fully saturated rings. The summed E-state index contributed by atoms with van der Waals surface area (Å²) in [5.41, 5.74) is 0.527. The molecule has 1 aromatic heterocycles. The minimum atomic E-state index is -3.87. The Hall–Kier alpha value is -3.04. The number of hydrogen-bond acceptors (Lipinski definition) is 5. The van der Waals surface area contributed by atoms with Crippen LogP contribution in [0.2, 0.25) is 0 Å². The number of para-hydroxylation sites is 1. The van der Waals surface area contributed by atoms with Crippen molar-refractivity contribution < 1.29 is 27.1 Å². The summed E-state index contributed by atoms with van der Waals surface area (Å²) in [6.45, 7) is 1.38. The molecule has 0 saturated carbocycles. The van der Waals surface area contributed by atoms with Crippen LogP contribution >= 0.6 is 0 Å². The second-order valence-electron chi connectivity index (χ2n) is 6.59. The summed E-state index contributed by atoms with van der Waals surface area (Å²) in [5.74, 6) is -2.54. The number of hydrogen-bond donors (Lipinski definition) is 1. The smallest absolute Gasteiger partial charge is 0.341 e. The lowest BCUT2D eigenvalue weighted by atomic mass is 10.1. The number of ether oxygens (including phenoxy) is 1. The molecule has 0 saturated heterocycles. The van der Waals surface area contributed by atoms with Gasteiger partial charge in [0.05, 0.1) is 10.5 Å². The lowest BCUT2D eigenvalue weighted by Gasteiger charge is -2.14. The third-order valence-electron chi connectivity index (χ3n) is 4.44. The van der Waals surface area contributed by atoms with E-state index in [1.54, 1.807) is 18.2 Å². The Labute approximate surface area is 167 Å². The van der Waals surface area contributed by atoms with Gasteiger partial charge in [-0.05, 0) is 31.2 Å². The van der Waals surface area contributed by atoms with Gasteiger partial charge >= 0.3 is 5.97 Å². The number of nitrogens with one attached hydrogen (secondary N) is 1. The van der Waals surface area contributed by atoms with Crippen LogP contribution in [0.15, 0.2) is 53.6 Å². The third kappa shape index (κ3) is 3.92. The number of esters is 1. The number of nitrogens with zero attached hydrogens (tertiary/aromatic N) is 1. The van der Waals surface area contributed by atoms with E-state index in [9.17, 15) is 22.4 Å². The summed E-state index contributed by atoms with van der Waals surface area (Å²) in [7, 11) is -1.23. The van der Waals surface area contributed by atoms with Gasteiger partial charge in [0.1, 0.15) is 5.82 Å². The monoisotopic (exact) mass is 418 g/mol. The SMILES string of the molecule is C[C@H](OC(=O)c1cc(S(=O)(=O)N(C)C)ccc1F)C(=O)c1c[nH]c2ccccc12. The molecule has 152 valence electrons. The molecule has 0 unspecified atom stereocenters. The van der Waals surface area contributed by atoms with Gasteiger partial charge in [0.15, 0.2) is 6.10 Å². The highest BCUT2D eigenvalue weighted by Gasteiger charge is 2.26. The molecule has 0 amide bonds. The van der Waals surface area contributed by atoms with Crippen LogP contribution < -0.4 is 0 Å². The van der Waals surface area contributed by atoms with Crippen molar-refractivity contribution in [3.8, 4) is 0 Å². The number of rotatable bonds is 6. The van der Waals surface area contributed by atoms with E-state index in [0.717, 1.165) is 28.0 Å². The number of carbonyl (C=O) groups excluding carboxylic acids is 2. The fourth-order valence-corrected chi connectivity index (χ4v) is 3.73. The van der Waals surface area contributed by atoms with Crippen LogP contribution in [-0.4, -0.2) is 49.7 Å². The van der Waals surface area contributed by atoms with E-state index in [1.165, 1.54) is 27.2 Å². The van der Waals surface area contributed by atoms with Crippen LogP contribution in [0.5, 0.6) is 0 Å². The minimum absolute atomic E-state index is 0.258. The number of sulfonamides is 1. The van der Waals surface area contributed by atoms with Gasteiger partial charge in [0.2, 0.25) is 15.8 Å². The molecule has 0 aliphatic rings. The molecule has 3 rings (SSSR count). The van der Waals surface area contributed by atoms with Crippen LogP contribution in [-0.2, 0) is 14.8 Å². The Bertz CT molecular complexity index is 1200. The maximum atomic E-state index is 14.1. The molecule has 2 aromatic carbocycles. The molecule has 0 bridgehead atoms. The average Bonchev–Trinajstić information content (AvgIpc) is 3.11. The first-order valence-electron chi connectivity index (χ1n) is 8.66. The molecular weight excluding hydrogens is 399 g/mol. The molecule has 0 aliphatic heterocycles. The van der Waals surface area contributed by atoms with Gasteiger partial charge in [0.25, 0.3) is 0 Å². The first-order chi connectivity index (χ1) is 13.6. The predicted molar refractivity (Wildman–Crippen MR) is 105 cm³/mol. The molecule has 0 aliphatic carbocycles. The fourth-order valence-electron chi connectivity index (χ4n) is 2.80. The van der Waals surface area contributed by atoms with Gasteiger partial charge in [-0.15, -0.1) is 0 Å². The van der Waals surface area contributed by atoms with Gasteiger partial charge in [-0.1, -0.05) is 18.2 Å². The Morgan fingerprint density at radius 1 is 1.10 bits per heavy atom. The summed E-state index contributed by atoms with van der Waals surface area (Å²) in [6.07, 6.45) is 0.317. The Morgan fingerprint density at radius 2 is 1.79 bits per heavy atom. The first kappa shape index (κ1) is 20.7. The lowest BCUT2D eigenvalue weighted by Crippen LogP contribution is -2.26. The second-order valence-corrected chi connectivity index (χ2v) is 8.74. The van der Waals surface area contributed by atoms with Gasteiger partial charge < -0.3 is 9.72 Å². The van der Waals surface area contributed by atoms with Crippen molar-refractivity contribution in [2.45, 2.75) is 17.9 Å². The normalized spacial score (nSPS) is 12.9. The molecule has 1 heterocycles. The van der Waals surface area contributed by atoms with Gasteiger partial charge in [-0.25, -0.2) is 21.9 Å². The van der Waals surface area contributed by atoms with E-state index in [-0.39, 0.29) is 4.90 Å². The zero-order valence-electron chi connectivity index (χ0n) is 16.0. The summed E-state index contributed by atoms with van der Waals surface area (Å²) >= 11 is 0. The molecule has 3 aromatic rings. The van der Waals surface area contributed by atoms with Crippen molar-refractivity contribution in [2.24, 2.45) is 0 Å². The van der Waals surface area contributed by atoms with Gasteiger partial charge in [0, 0.05) is 36.8 Å². The Kier molecular flexibility index (Phi) is 5.54. The van der Waals surface area contributed by atoms with E-state index in [1.807, 2.05) is 6.07 Å². The maximum absolute atomic E-state index is 14.1. The van der Waals surface area contributed by atoms with Crippen molar-refractivity contribution in [2.75, 3.05) is 14.1 Å². The van der Waals surface area contributed by atoms with E-state index < -0.39 is 39.3 Å². The van der Waals surface area contributed by atoms with Crippen molar-refractivity contribution in [3.05, 3.63) is 65.6 Å². The predicted octanol–water partition coefficient (Wildman–Crippen LogP) is 2.99. The number of fused-ring (bicyclic) bond motifs is 1. The van der Waals surface area contributed by atoms with Crippen molar-refractivity contribution in [1.29, 1.82) is 0 Å². The third-order valence-corrected chi connectivity index (χ3v) is 6.26. The van der Waals surface area contributed by atoms with Gasteiger partial charge in [-0.2, -0.15) is 0 Å². The van der Waals surface area contributed by atoms with E-state index in [4.69, 9.17) is 4.74 Å². The number of carbonyl (C=O) groups is 2. The van der Waals surface area contributed by atoms with Crippen molar-refractivity contribution in [3.63, 3.8) is 0 Å². The second kappa shape index (κ2) is 7.76. The first-order valence-corrected chi connectivity index (χ1v) is 10.1. The lowest BCUT2D eigenvalue weighted by molar-refractivity contribution is 0.0314. The molecule has 0 spiro atoms. The molecule has 0 radical (unpaired) electrons. The highest BCUT2D eigenvalue weighted by atomic mass is 32.2. The summed E-state index contributed by atoms with van der Waals surface area (Å²) in [4.78, 5) is 27.8. The molecular formula is C20H19FN2O5S. The standard InChI is InChI=1S/C20H19FN2O5S/c1-12(19(24)16-11-22-18-7-5-4-6-14(16)18)28-20(25)15-10-13(8-9-17(15)21)29(26,27)23(2)3/h4-12,22H,1-3H3/t12-/m0/s1. The molecule has 1 atom stereocenters. The average molecular weight is 418 g/mol. The molecule has 9 heteroatoms. The highest BCUT2D eigenvalue weighted by molar-refractivity contribution is 7.89. The van der Waals surface area contributed by atoms with Crippen LogP contribution in [0, 0.1) is 5.82 Å². The van der Waals surface area contributed by atoms with Crippen LogP contribution in [0.25, 0.3) is 10.9 Å². The number of halogens is 1. The van der Waals surface area contributed by atoms with Crippen LogP contribution in [0.1, 0.15) is 27.6 Å². The number of aromatic nitrogens is 1. The largest absolute Gasteiger partial charge is 0.451 e. The molecule has 29 heavy (non-hydrogen) atoms. The van der Waals surface area contributed by atoms with Crippen LogP contribution in [0.3, 0.4) is 0 Å². The quantitative estimate of drug-likeness (QED) is 0.490. The maximum Gasteiger partial charge on any atom is 0.341 e. The number of aromatic amines is 1. The minimum Gasteiger partial charge on any atom is -0.451 e. The Morgan fingerprint density at radius 3 is 2.48 bits per heavy atom. The van der Waals surface area contributed by atoms with Crippen molar-refractivity contribution >= 4 is 32.7 Å². The summed E-state index contributed by atoms with van der Waals surface area (Å²) in [6, 6.07) is 9.97. The topological polar surface area (TPSA) is 96.5 Å². The fraction of sp³-hybridized carbons (Fsp3) is 0.200. The zero-order valence-corrected chi connectivity index (χ0v) is 16.8. The number of ketones is 1. The van der Waals surface area contributed by atoms with Gasteiger partial charge in [-0.3, -0.25) is 4.79 Å². The zero-order chi connectivity index (χ0) is 21.3. The molecule has 7 nitrogen and oxygen atoms in total. The van der Waals surface area contributed by atoms with Crippen LogP contribution in [0.4, 0.5) is 4.39 Å². The summed E-state index contributed by atoms with van der Waals surface area (Å²) in [5, 5.41) is 0.672.